The van der Waals surface area contributed by atoms with Crippen LogP contribution in [0.2, 0.25) is 0 Å². The fraction of sp³-hybridized carbons (Fsp3) is 0.273. The highest BCUT2D eigenvalue weighted by molar-refractivity contribution is 8.06. The summed E-state index contributed by atoms with van der Waals surface area (Å²) in [5.41, 5.74) is 10.1. The Hall–Kier alpha value is -3.51. The van der Waals surface area contributed by atoms with Gasteiger partial charge in [-0.15, -0.1) is 0 Å². The number of carbonyl (C=O) groups excluding carboxylic acids is 1. The molecule has 2 aliphatic rings. The van der Waals surface area contributed by atoms with Crippen LogP contribution in [0.3, 0.4) is 0 Å². The van der Waals surface area contributed by atoms with Crippen LogP contribution in [-0.2, 0) is 4.79 Å². The van der Waals surface area contributed by atoms with E-state index in [1.165, 1.54) is 11.8 Å². The monoisotopic (exact) mass is 433 g/mol. The molecule has 1 aromatic heterocycles. The molecule has 0 unspecified atom stereocenters. The predicted molar refractivity (Wildman–Crippen MR) is 122 cm³/mol. The number of rotatable bonds is 7. The second kappa shape index (κ2) is 9.53. The molecule has 1 fully saturated rings. The first-order valence-corrected chi connectivity index (χ1v) is 11.0. The van der Waals surface area contributed by atoms with Crippen LogP contribution in [0.5, 0.6) is 0 Å². The lowest BCUT2D eigenvalue weighted by Gasteiger charge is -2.15. The fourth-order valence-electron chi connectivity index (χ4n) is 3.42. The van der Waals surface area contributed by atoms with Crippen molar-refractivity contribution in [1.29, 1.82) is 5.26 Å². The molecule has 1 amide bonds. The zero-order chi connectivity index (χ0) is 21.6. The molecule has 2 aromatic rings. The molecule has 0 radical (unpaired) electrons. The second-order valence-electron chi connectivity index (χ2n) is 7.24. The zero-order valence-corrected chi connectivity index (χ0v) is 17.8. The summed E-state index contributed by atoms with van der Waals surface area (Å²) in [7, 11) is 0. The molecule has 4 N–H and O–H groups in total. The minimum atomic E-state index is 0.244. The molecular formula is C22H23N7OS. The van der Waals surface area contributed by atoms with Crippen LogP contribution in [0, 0.1) is 11.3 Å². The average molecular weight is 434 g/mol. The van der Waals surface area contributed by atoms with Crippen molar-refractivity contribution in [2.24, 2.45) is 5.73 Å². The highest BCUT2D eigenvalue weighted by atomic mass is 32.2. The van der Waals surface area contributed by atoms with E-state index in [0.717, 1.165) is 42.2 Å². The van der Waals surface area contributed by atoms with E-state index in [1.807, 2.05) is 22.4 Å². The summed E-state index contributed by atoms with van der Waals surface area (Å²) in [6.07, 6.45) is 4.14. The second-order valence-corrected chi connectivity index (χ2v) is 8.12. The molecule has 8 nitrogen and oxygen atoms in total. The quantitative estimate of drug-likeness (QED) is 0.570. The normalized spacial score (nSPS) is 17.2. The summed E-state index contributed by atoms with van der Waals surface area (Å²) < 4.78 is 0. The maximum Gasteiger partial charge on any atom is 0.223 e. The smallest absolute Gasteiger partial charge is 0.223 e. The van der Waals surface area contributed by atoms with Crippen LogP contribution in [-0.4, -0.2) is 40.4 Å². The number of nitriles is 1. The minimum Gasteiger partial charge on any atom is -0.395 e. The van der Waals surface area contributed by atoms with E-state index in [0.29, 0.717) is 35.9 Å². The first kappa shape index (κ1) is 20.8. The fourth-order valence-corrected chi connectivity index (χ4v) is 4.25. The largest absolute Gasteiger partial charge is 0.395 e. The van der Waals surface area contributed by atoms with Crippen LogP contribution in [0.1, 0.15) is 36.1 Å². The van der Waals surface area contributed by atoms with Gasteiger partial charge in [-0.25, -0.2) is 9.97 Å². The molecule has 4 rings (SSSR count). The minimum absolute atomic E-state index is 0.244. The van der Waals surface area contributed by atoms with Gasteiger partial charge < -0.3 is 21.3 Å². The maximum atomic E-state index is 11.7. The molecule has 0 saturated carbocycles. The summed E-state index contributed by atoms with van der Waals surface area (Å²) in [6, 6.07) is 11.3. The zero-order valence-electron chi connectivity index (χ0n) is 17.0. The topological polar surface area (TPSA) is 120 Å². The summed E-state index contributed by atoms with van der Waals surface area (Å²) in [5, 5.41) is 18.3. The Labute approximate surface area is 185 Å². The highest BCUT2D eigenvalue weighted by Gasteiger charge is 2.19. The van der Waals surface area contributed by atoms with Gasteiger partial charge in [0.15, 0.2) is 0 Å². The molecular weight excluding hydrogens is 410 g/mol. The SMILES string of the molecule is N#Cc1ccc(C2=CS/C(=C(/N)c3ccnc(NCCCN4CCCC4=O)n3)N2)cc1. The van der Waals surface area contributed by atoms with Crippen LogP contribution >= 0.6 is 11.8 Å². The molecule has 0 spiro atoms. The number of nitrogens with zero attached hydrogens (tertiary/aromatic N) is 4. The summed E-state index contributed by atoms with van der Waals surface area (Å²) in [6.45, 7) is 2.29. The van der Waals surface area contributed by atoms with Gasteiger partial charge in [-0.2, -0.15) is 5.26 Å². The highest BCUT2D eigenvalue weighted by Crippen LogP contribution is 2.33. The standard InChI is InChI=1S/C22H23N7OS/c23-13-15-4-6-16(7-5-15)18-14-31-21(27-18)20(24)17-8-10-26-22(28-17)25-9-2-12-29-11-1-3-19(29)30/h4-8,10,14,27H,1-3,9,11-12,24H2,(H,25,26,28)/b21-20+. The number of aromatic nitrogens is 2. The van der Waals surface area contributed by atoms with Crippen molar-refractivity contribution in [3.8, 4) is 6.07 Å². The van der Waals surface area contributed by atoms with E-state index in [1.54, 1.807) is 24.4 Å². The Morgan fingerprint density at radius 2 is 2.16 bits per heavy atom. The van der Waals surface area contributed by atoms with E-state index in [2.05, 4.69) is 26.7 Å². The van der Waals surface area contributed by atoms with Gasteiger partial charge in [0.25, 0.3) is 0 Å². The van der Waals surface area contributed by atoms with Crippen molar-refractivity contribution in [2.75, 3.05) is 25.0 Å². The number of thioether (sulfide) groups is 1. The third-order valence-corrected chi connectivity index (χ3v) is 6.01. The summed E-state index contributed by atoms with van der Waals surface area (Å²) in [4.78, 5) is 22.4. The summed E-state index contributed by atoms with van der Waals surface area (Å²) >= 11 is 1.50. The van der Waals surface area contributed by atoms with Gasteiger partial charge in [-0.1, -0.05) is 23.9 Å². The van der Waals surface area contributed by atoms with Gasteiger partial charge in [-0.05, 0) is 36.6 Å². The summed E-state index contributed by atoms with van der Waals surface area (Å²) in [5.74, 6) is 0.755. The van der Waals surface area contributed by atoms with Gasteiger partial charge >= 0.3 is 0 Å². The van der Waals surface area contributed by atoms with Crippen LogP contribution < -0.4 is 16.4 Å². The van der Waals surface area contributed by atoms with E-state index >= 15 is 0 Å². The Kier molecular flexibility index (Phi) is 6.38. The lowest BCUT2D eigenvalue weighted by molar-refractivity contribution is -0.127. The van der Waals surface area contributed by atoms with Crippen molar-refractivity contribution in [2.45, 2.75) is 19.3 Å². The van der Waals surface area contributed by atoms with Crippen LogP contribution in [0.25, 0.3) is 11.4 Å². The van der Waals surface area contributed by atoms with E-state index in [4.69, 9.17) is 11.0 Å². The van der Waals surface area contributed by atoms with Gasteiger partial charge in [0, 0.05) is 37.7 Å². The van der Waals surface area contributed by atoms with Crippen LogP contribution in [0.4, 0.5) is 5.95 Å². The number of anilines is 1. The third kappa shape index (κ3) is 4.98. The van der Waals surface area contributed by atoms with Crippen molar-refractivity contribution in [3.05, 3.63) is 63.8 Å². The van der Waals surface area contributed by atoms with E-state index in [-0.39, 0.29) is 5.91 Å². The van der Waals surface area contributed by atoms with E-state index < -0.39 is 0 Å². The number of amides is 1. The number of hydrogen-bond donors (Lipinski definition) is 3. The van der Waals surface area contributed by atoms with Gasteiger partial charge in [-0.3, -0.25) is 4.79 Å². The lowest BCUT2D eigenvalue weighted by atomic mass is 10.1. The molecule has 31 heavy (non-hydrogen) atoms. The van der Waals surface area contributed by atoms with Crippen molar-refractivity contribution in [3.63, 3.8) is 0 Å². The molecule has 0 bridgehead atoms. The molecule has 9 heteroatoms. The van der Waals surface area contributed by atoms with Crippen LogP contribution in [0.15, 0.2) is 47.0 Å². The first-order chi connectivity index (χ1) is 15.1. The third-order valence-electron chi connectivity index (χ3n) is 5.10. The first-order valence-electron chi connectivity index (χ1n) is 10.1. The molecule has 158 valence electrons. The Morgan fingerprint density at radius 1 is 1.32 bits per heavy atom. The molecule has 1 aromatic carbocycles. The van der Waals surface area contributed by atoms with E-state index in [9.17, 15) is 4.79 Å². The maximum absolute atomic E-state index is 11.7. The molecule has 1 saturated heterocycles. The van der Waals surface area contributed by atoms with Gasteiger partial charge in [0.2, 0.25) is 11.9 Å². The molecule has 2 aliphatic heterocycles. The van der Waals surface area contributed by atoms with Crippen molar-refractivity contribution >= 4 is 35.0 Å². The van der Waals surface area contributed by atoms with Gasteiger partial charge in [0.05, 0.1) is 28.7 Å². The lowest BCUT2D eigenvalue weighted by Crippen LogP contribution is -2.27. The number of hydrogen-bond acceptors (Lipinski definition) is 8. The average Bonchev–Trinajstić information content (AvgIpc) is 3.46. The predicted octanol–water partition coefficient (Wildman–Crippen LogP) is 2.69. The number of likely N-dealkylation sites (tertiary alicyclic amines) is 1. The molecule has 0 aliphatic carbocycles. The van der Waals surface area contributed by atoms with Gasteiger partial charge in [0.1, 0.15) is 5.03 Å². The Morgan fingerprint density at radius 3 is 2.90 bits per heavy atom. The number of nitrogens with one attached hydrogen (secondary N) is 2. The molecule has 0 atom stereocenters. The number of nitrogens with two attached hydrogens (primary N) is 1. The molecule has 3 heterocycles. The van der Waals surface area contributed by atoms with Crippen molar-refractivity contribution in [1.82, 2.24) is 20.2 Å². The van der Waals surface area contributed by atoms with Crippen molar-refractivity contribution < 1.29 is 4.79 Å². The number of benzene rings is 1. The number of carbonyl (C=O) groups is 1. The Balaban J connectivity index is 1.35. The Bertz CT molecular complexity index is 1070.